The normalized spacial score (nSPS) is 17.5. The van der Waals surface area contributed by atoms with Gasteiger partial charge >= 0.3 is 5.97 Å². The van der Waals surface area contributed by atoms with Crippen LogP contribution in [0.3, 0.4) is 0 Å². The average Bonchev–Trinajstić information content (AvgIpc) is 2.60. The minimum atomic E-state index is -0.250. The molecule has 1 aliphatic rings. The van der Waals surface area contributed by atoms with Gasteiger partial charge in [0.1, 0.15) is 11.5 Å². The number of esters is 1. The van der Waals surface area contributed by atoms with E-state index < -0.39 is 0 Å². The number of nitrogens with zero attached hydrogens (tertiary/aromatic N) is 1. The van der Waals surface area contributed by atoms with Crippen molar-refractivity contribution in [2.24, 2.45) is 5.92 Å². The van der Waals surface area contributed by atoms with Crippen molar-refractivity contribution in [2.75, 3.05) is 33.9 Å². The van der Waals surface area contributed by atoms with Gasteiger partial charge in [-0.15, -0.1) is 0 Å². The van der Waals surface area contributed by atoms with Crippen molar-refractivity contribution in [2.45, 2.75) is 19.8 Å². The van der Waals surface area contributed by atoms with E-state index in [-0.39, 0.29) is 17.8 Å². The molecule has 23 heavy (non-hydrogen) atoms. The maximum absolute atomic E-state index is 12.7. The highest BCUT2D eigenvalue weighted by Gasteiger charge is 2.30. The molecule has 6 heteroatoms. The standard InChI is InChI=1S/C17H23NO5/c1-4-23-17(20)12-6-5-7-18(11-12)16(19)13-8-14(21-2)10-15(9-13)22-3/h8-10,12H,4-7,11H2,1-3H3/t12-/m0/s1. The predicted molar refractivity (Wildman–Crippen MR) is 84.8 cm³/mol. The molecule has 126 valence electrons. The van der Waals surface area contributed by atoms with Crippen LogP contribution < -0.4 is 9.47 Å². The summed E-state index contributed by atoms with van der Waals surface area (Å²) in [4.78, 5) is 26.3. The molecule has 0 radical (unpaired) electrons. The molecule has 1 atom stereocenters. The minimum absolute atomic E-state index is 0.129. The summed E-state index contributed by atoms with van der Waals surface area (Å²) >= 11 is 0. The van der Waals surface area contributed by atoms with Crippen LogP contribution in [0.5, 0.6) is 11.5 Å². The number of hydrogen-bond acceptors (Lipinski definition) is 5. The van der Waals surface area contributed by atoms with Crippen LogP contribution in [0.25, 0.3) is 0 Å². The molecular weight excluding hydrogens is 298 g/mol. The third-order valence-corrected chi connectivity index (χ3v) is 3.93. The maximum atomic E-state index is 12.7. The molecule has 0 N–H and O–H groups in total. The summed E-state index contributed by atoms with van der Waals surface area (Å²) in [5, 5.41) is 0. The lowest BCUT2D eigenvalue weighted by Crippen LogP contribution is -2.42. The van der Waals surface area contributed by atoms with E-state index in [1.165, 1.54) is 0 Å². The van der Waals surface area contributed by atoms with Crippen molar-refractivity contribution in [3.05, 3.63) is 23.8 Å². The van der Waals surface area contributed by atoms with Gasteiger partial charge in [0.05, 0.1) is 26.7 Å². The number of piperidine rings is 1. The van der Waals surface area contributed by atoms with Crippen molar-refractivity contribution in [3.8, 4) is 11.5 Å². The molecule has 0 aromatic heterocycles. The van der Waals surface area contributed by atoms with Crippen LogP contribution in [0.4, 0.5) is 0 Å². The quantitative estimate of drug-likeness (QED) is 0.777. The average molecular weight is 321 g/mol. The van der Waals surface area contributed by atoms with Gasteiger partial charge in [-0.25, -0.2) is 0 Å². The van der Waals surface area contributed by atoms with Gasteiger partial charge in [0.25, 0.3) is 5.91 Å². The van der Waals surface area contributed by atoms with Crippen LogP contribution in [0.15, 0.2) is 18.2 Å². The van der Waals surface area contributed by atoms with Gasteiger partial charge in [-0.1, -0.05) is 0 Å². The van der Waals surface area contributed by atoms with Crippen molar-refractivity contribution in [3.63, 3.8) is 0 Å². The van der Waals surface area contributed by atoms with Gasteiger partial charge in [0, 0.05) is 24.7 Å². The largest absolute Gasteiger partial charge is 0.497 e. The zero-order valence-corrected chi connectivity index (χ0v) is 13.8. The van der Waals surface area contributed by atoms with E-state index in [9.17, 15) is 9.59 Å². The number of ether oxygens (including phenoxy) is 3. The summed E-state index contributed by atoms with van der Waals surface area (Å²) in [5.41, 5.74) is 0.491. The Bertz CT molecular complexity index is 550. The molecule has 1 aromatic rings. The third-order valence-electron chi connectivity index (χ3n) is 3.93. The van der Waals surface area contributed by atoms with Crippen molar-refractivity contribution in [1.29, 1.82) is 0 Å². The first-order valence-electron chi connectivity index (χ1n) is 7.78. The predicted octanol–water partition coefficient (Wildman–Crippen LogP) is 2.12. The molecule has 1 aliphatic heterocycles. The van der Waals surface area contributed by atoms with Gasteiger partial charge in [-0.2, -0.15) is 0 Å². The number of hydrogen-bond donors (Lipinski definition) is 0. The Labute approximate surface area is 136 Å². The topological polar surface area (TPSA) is 65.1 Å². The maximum Gasteiger partial charge on any atom is 0.310 e. The van der Waals surface area contributed by atoms with E-state index in [2.05, 4.69) is 0 Å². The number of carbonyl (C=O) groups excluding carboxylic acids is 2. The summed E-state index contributed by atoms with van der Waals surface area (Å²) in [6, 6.07) is 5.08. The lowest BCUT2D eigenvalue weighted by Gasteiger charge is -2.31. The van der Waals surface area contributed by atoms with Crippen LogP contribution >= 0.6 is 0 Å². The molecule has 1 heterocycles. The fraction of sp³-hybridized carbons (Fsp3) is 0.529. The van der Waals surface area contributed by atoms with Crippen LogP contribution in [0, 0.1) is 5.92 Å². The first kappa shape index (κ1) is 17.1. The monoisotopic (exact) mass is 321 g/mol. The van der Waals surface area contributed by atoms with E-state index in [0.29, 0.717) is 36.8 Å². The zero-order chi connectivity index (χ0) is 16.8. The summed E-state index contributed by atoms with van der Waals surface area (Å²) in [6.07, 6.45) is 1.54. The molecule has 1 aromatic carbocycles. The molecule has 0 bridgehead atoms. The van der Waals surface area contributed by atoms with Gasteiger partial charge in [-0.05, 0) is 31.9 Å². The fourth-order valence-electron chi connectivity index (χ4n) is 2.73. The Morgan fingerprint density at radius 3 is 2.39 bits per heavy atom. The summed E-state index contributed by atoms with van der Waals surface area (Å²) in [6.45, 7) is 3.16. The number of rotatable bonds is 5. The second-order valence-electron chi connectivity index (χ2n) is 5.44. The van der Waals surface area contributed by atoms with Gasteiger partial charge < -0.3 is 19.1 Å². The summed E-state index contributed by atoms with van der Waals surface area (Å²) < 4.78 is 15.5. The Morgan fingerprint density at radius 1 is 1.17 bits per heavy atom. The lowest BCUT2D eigenvalue weighted by atomic mass is 9.97. The molecular formula is C17H23NO5. The highest BCUT2D eigenvalue weighted by atomic mass is 16.5. The Balaban J connectivity index is 2.14. The van der Waals surface area contributed by atoms with Crippen LogP contribution in [0.1, 0.15) is 30.1 Å². The molecule has 6 nitrogen and oxygen atoms in total. The van der Waals surface area contributed by atoms with Crippen molar-refractivity contribution < 1.29 is 23.8 Å². The molecule has 1 saturated heterocycles. The Morgan fingerprint density at radius 2 is 1.83 bits per heavy atom. The molecule has 0 aliphatic carbocycles. The zero-order valence-electron chi connectivity index (χ0n) is 13.8. The third kappa shape index (κ3) is 4.15. The number of methoxy groups -OCH3 is 2. The SMILES string of the molecule is CCOC(=O)[C@H]1CCCN(C(=O)c2cc(OC)cc(OC)c2)C1. The second kappa shape index (κ2) is 7.85. The fourth-order valence-corrected chi connectivity index (χ4v) is 2.73. The smallest absolute Gasteiger partial charge is 0.310 e. The molecule has 0 unspecified atom stereocenters. The van der Waals surface area contributed by atoms with E-state index in [4.69, 9.17) is 14.2 Å². The number of likely N-dealkylation sites (tertiary alicyclic amines) is 1. The van der Waals surface area contributed by atoms with E-state index in [1.807, 2.05) is 0 Å². The molecule has 0 saturated carbocycles. The number of benzene rings is 1. The van der Waals surface area contributed by atoms with Crippen molar-refractivity contribution >= 4 is 11.9 Å². The molecule has 1 fully saturated rings. The lowest BCUT2D eigenvalue weighted by molar-refractivity contribution is -0.149. The van der Waals surface area contributed by atoms with E-state index in [0.717, 1.165) is 12.8 Å². The molecule has 2 rings (SSSR count). The Hall–Kier alpha value is -2.24. The van der Waals surface area contributed by atoms with E-state index >= 15 is 0 Å². The minimum Gasteiger partial charge on any atom is -0.497 e. The van der Waals surface area contributed by atoms with Gasteiger partial charge in [0.2, 0.25) is 0 Å². The molecule has 0 spiro atoms. The van der Waals surface area contributed by atoms with Gasteiger partial charge in [0.15, 0.2) is 0 Å². The van der Waals surface area contributed by atoms with Crippen LogP contribution in [-0.2, 0) is 9.53 Å². The summed E-state index contributed by atoms with van der Waals surface area (Å²) in [5.74, 6) is 0.517. The Kier molecular flexibility index (Phi) is 5.84. The highest BCUT2D eigenvalue weighted by molar-refractivity contribution is 5.95. The number of amides is 1. The second-order valence-corrected chi connectivity index (χ2v) is 5.44. The highest BCUT2D eigenvalue weighted by Crippen LogP contribution is 2.25. The number of carbonyl (C=O) groups is 2. The molecule has 1 amide bonds. The van der Waals surface area contributed by atoms with Crippen LogP contribution in [0.2, 0.25) is 0 Å². The summed E-state index contributed by atoms with van der Waals surface area (Å²) in [7, 11) is 3.08. The van der Waals surface area contributed by atoms with Crippen molar-refractivity contribution in [1.82, 2.24) is 4.90 Å². The first-order valence-corrected chi connectivity index (χ1v) is 7.78. The van der Waals surface area contributed by atoms with Gasteiger partial charge in [-0.3, -0.25) is 9.59 Å². The van der Waals surface area contributed by atoms with E-state index in [1.54, 1.807) is 44.2 Å². The van der Waals surface area contributed by atoms with Crippen LogP contribution in [-0.4, -0.2) is 50.7 Å². The first-order chi connectivity index (χ1) is 11.1.